The van der Waals surface area contributed by atoms with E-state index < -0.39 is 23.7 Å². The first-order valence-electron chi connectivity index (χ1n) is 11.7. The Balaban J connectivity index is 1.46. The van der Waals surface area contributed by atoms with E-state index >= 15 is 0 Å². The molecule has 1 atom stereocenters. The highest BCUT2D eigenvalue weighted by Crippen LogP contribution is 2.44. The zero-order chi connectivity index (χ0) is 25.0. The van der Waals surface area contributed by atoms with Crippen molar-refractivity contribution in [3.63, 3.8) is 0 Å². The van der Waals surface area contributed by atoms with Crippen molar-refractivity contribution in [1.82, 2.24) is 5.32 Å². The Labute approximate surface area is 206 Å². The van der Waals surface area contributed by atoms with Gasteiger partial charge in [-0.2, -0.15) is 0 Å². The molecular weight excluding hydrogens is 442 g/mol. The third-order valence-electron chi connectivity index (χ3n) is 5.93. The summed E-state index contributed by atoms with van der Waals surface area (Å²) in [5.41, 5.74) is 4.75. The molecule has 3 aromatic rings. The molecule has 3 aromatic carbocycles. The Hall–Kier alpha value is -3.80. The second-order valence-corrected chi connectivity index (χ2v) is 9.61. The van der Waals surface area contributed by atoms with Crippen LogP contribution in [0.3, 0.4) is 0 Å². The minimum absolute atomic E-state index is 0.0604. The van der Waals surface area contributed by atoms with Gasteiger partial charge in [0.2, 0.25) is 0 Å². The van der Waals surface area contributed by atoms with E-state index in [-0.39, 0.29) is 18.9 Å². The summed E-state index contributed by atoms with van der Waals surface area (Å²) in [5.74, 6) is 0.142. The molecule has 0 radical (unpaired) electrons. The number of hydrogen-bond donors (Lipinski definition) is 1. The van der Waals surface area contributed by atoms with Gasteiger partial charge in [-0.3, -0.25) is 0 Å². The van der Waals surface area contributed by atoms with Crippen LogP contribution in [0.2, 0.25) is 0 Å². The van der Waals surface area contributed by atoms with E-state index in [0.717, 1.165) is 27.8 Å². The molecule has 0 spiro atoms. The summed E-state index contributed by atoms with van der Waals surface area (Å²) in [5, 5.41) is 2.72. The number of carbonyl (C=O) groups is 2. The van der Waals surface area contributed by atoms with Crippen LogP contribution in [0.1, 0.15) is 43.4 Å². The summed E-state index contributed by atoms with van der Waals surface area (Å²) < 4.78 is 16.4. The zero-order valence-corrected chi connectivity index (χ0v) is 20.5. The van der Waals surface area contributed by atoms with E-state index in [1.165, 1.54) is 0 Å². The Morgan fingerprint density at radius 3 is 2.00 bits per heavy atom. The van der Waals surface area contributed by atoms with Crippen LogP contribution in [0.5, 0.6) is 5.75 Å². The van der Waals surface area contributed by atoms with E-state index in [0.29, 0.717) is 5.75 Å². The van der Waals surface area contributed by atoms with Crippen LogP contribution in [0.4, 0.5) is 4.79 Å². The van der Waals surface area contributed by atoms with Crippen molar-refractivity contribution in [2.75, 3.05) is 13.7 Å². The van der Waals surface area contributed by atoms with Crippen molar-refractivity contribution in [3.8, 4) is 16.9 Å². The molecule has 4 rings (SSSR count). The number of fused-ring (bicyclic) bond motifs is 3. The van der Waals surface area contributed by atoms with Crippen LogP contribution in [-0.2, 0) is 20.7 Å². The number of alkyl carbamates (subject to hydrolysis) is 1. The molecule has 1 unspecified atom stereocenters. The highest BCUT2D eigenvalue weighted by molar-refractivity contribution is 5.82. The van der Waals surface area contributed by atoms with E-state index in [9.17, 15) is 9.59 Å². The molecule has 0 aromatic heterocycles. The second kappa shape index (κ2) is 10.2. The lowest BCUT2D eigenvalue weighted by Crippen LogP contribution is -2.46. The number of carbonyl (C=O) groups excluding carboxylic acids is 2. The average Bonchev–Trinajstić information content (AvgIpc) is 3.15. The minimum atomic E-state index is -0.890. The lowest BCUT2D eigenvalue weighted by atomic mass is 9.98. The SMILES string of the molecule is COc1ccc(CC(NC(=O)OCC2c3ccccc3-c3ccccc32)C(=O)OC(C)(C)C)cc1. The van der Waals surface area contributed by atoms with E-state index in [1.807, 2.05) is 48.5 Å². The molecule has 1 amide bonds. The maximum Gasteiger partial charge on any atom is 0.407 e. The molecule has 0 aliphatic heterocycles. The fraction of sp³-hybridized carbons (Fsp3) is 0.310. The number of amides is 1. The maximum atomic E-state index is 12.9. The molecule has 1 aliphatic rings. The van der Waals surface area contributed by atoms with Gasteiger partial charge in [-0.1, -0.05) is 60.7 Å². The van der Waals surface area contributed by atoms with E-state index in [1.54, 1.807) is 27.9 Å². The number of methoxy groups -OCH3 is 1. The summed E-state index contributed by atoms with van der Waals surface area (Å²) >= 11 is 0. The number of nitrogens with one attached hydrogen (secondary N) is 1. The third-order valence-corrected chi connectivity index (χ3v) is 5.93. The molecule has 6 heteroatoms. The monoisotopic (exact) mass is 473 g/mol. The second-order valence-electron chi connectivity index (χ2n) is 9.61. The van der Waals surface area contributed by atoms with Crippen molar-refractivity contribution in [1.29, 1.82) is 0 Å². The molecule has 0 fully saturated rings. The predicted octanol–water partition coefficient (Wildman–Crippen LogP) is 5.49. The largest absolute Gasteiger partial charge is 0.497 e. The Morgan fingerprint density at radius 1 is 0.886 bits per heavy atom. The van der Waals surface area contributed by atoms with Gasteiger partial charge in [0.15, 0.2) is 0 Å². The highest BCUT2D eigenvalue weighted by Gasteiger charge is 2.31. The fourth-order valence-electron chi connectivity index (χ4n) is 4.35. The molecule has 1 N–H and O–H groups in total. The lowest BCUT2D eigenvalue weighted by Gasteiger charge is -2.25. The lowest BCUT2D eigenvalue weighted by molar-refractivity contribution is -0.157. The van der Waals surface area contributed by atoms with Gasteiger partial charge in [-0.15, -0.1) is 0 Å². The van der Waals surface area contributed by atoms with Gasteiger partial charge < -0.3 is 19.5 Å². The molecule has 1 aliphatic carbocycles. The predicted molar refractivity (Wildman–Crippen MR) is 135 cm³/mol. The van der Waals surface area contributed by atoms with Crippen molar-refractivity contribution in [2.24, 2.45) is 0 Å². The number of ether oxygens (including phenoxy) is 3. The maximum absolute atomic E-state index is 12.9. The van der Waals surface area contributed by atoms with E-state index in [4.69, 9.17) is 14.2 Å². The van der Waals surface area contributed by atoms with Crippen LogP contribution >= 0.6 is 0 Å². The Morgan fingerprint density at radius 2 is 1.46 bits per heavy atom. The summed E-state index contributed by atoms with van der Waals surface area (Å²) in [6, 6.07) is 22.8. The summed E-state index contributed by atoms with van der Waals surface area (Å²) in [7, 11) is 1.59. The van der Waals surface area contributed by atoms with Crippen LogP contribution in [0.15, 0.2) is 72.8 Å². The van der Waals surface area contributed by atoms with Gasteiger partial charge >= 0.3 is 12.1 Å². The topological polar surface area (TPSA) is 73.9 Å². The summed E-state index contributed by atoms with van der Waals surface area (Å²) in [6.45, 7) is 5.55. The van der Waals surface area contributed by atoms with Gasteiger partial charge in [0, 0.05) is 12.3 Å². The molecule has 35 heavy (non-hydrogen) atoms. The van der Waals surface area contributed by atoms with Crippen molar-refractivity contribution in [2.45, 2.75) is 44.8 Å². The van der Waals surface area contributed by atoms with Gasteiger partial charge in [-0.05, 0) is 60.7 Å². The van der Waals surface area contributed by atoms with Gasteiger partial charge in [0.25, 0.3) is 0 Å². The van der Waals surface area contributed by atoms with Crippen LogP contribution < -0.4 is 10.1 Å². The molecule has 0 bridgehead atoms. The smallest absolute Gasteiger partial charge is 0.407 e. The zero-order valence-electron chi connectivity index (χ0n) is 20.5. The number of benzene rings is 3. The Bertz CT molecular complexity index is 1150. The molecule has 0 heterocycles. The van der Waals surface area contributed by atoms with E-state index in [2.05, 4.69) is 29.6 Å². The average molecular weight is 474 g/mol. The number of hydrogen-bond acceptors (Lipinski definition) is 5. The van der Waals surface area contributed by atoms with Crippen molar-refractivity contribution >= 4 is 12.1 Å². The molecular formula is C29H31NO5. The summed E-state index contributed by atoms with van der Waals surface area (Å²) in [6.07, 6.45) is -0.389. The van der Waals surface area contributed by atoms with Crippen molar-refractivity contribution in [3.05, 3.63) is 89.5 Å². The first-order valence-corrected chi connectivity index (χ1v) is 11.7. The van der Waals surface area contributed by atoms with Gasteiger partial charge in [0.05, 0.1) is 7.11 Å². The highest BCUT2D eigenvalue weighted by atomic mass is 16.6. The number of rotatable bonds is 7. The first kappa shape index (κ1) is 24.3. The molecule has 6 nitrogen and oxygen atoms in total. The fourth-order valence-corrected chi connectivity index (χ4v) is 4.35. The van der Waals surface area contributed by atoms with Gasteiger partial charge in [0.1, 0.15) is 24.0 Å². The minimum Gasteiger partial charge on any atom is -0.497 e. The quantitative estimate of drug-likeness (QED) is 0.460. The van der Waals surface area contributed by atoms with Crippen LogP contribution in [0.25, 0.3) is 11.1 Å². The standard InChI is InChI=1S/C29H31NO5/c1-29(2,3)35-27(31)26(17-19-13-15-20(33-4)16-14-19)30-28(32)34-18-25-23-11-7-5-9-21(23)22-10-6-8-12-24(22)25/h5-16,25-26H,17-18H2,1-4H3,(H,30,32). The summed E-state index contributed by atoms with van der Waals surface area (Å²) in [4.78, 5) is 25.7. The molecule has 0 saturated heterocycles. The van der Waals surface area contributed by atoms with Crippen LogP contribution in [-0.4, -0.2) is 37.4 Å². The number of esters is 1. The molecule has 182 valence electrons. The van der Waals surface area contributed by atoms with Crippen LogP contribution in [0, 0.1) is 0 Å². The third kappa shape index (κ3) is 5.83. The Kier molecular flexibility index (Phi) is 7.10. The van der Waals surface area contributed by atoms with Crippen molar-refractivity contribution < 1.29 is 23.8 Å². The normalized spacial score (nSPS) is 13.4. The first-order chi connectivity index (χ1) is 16.7. The molecule has 0 saturated carbocycles. The van der Waals surface area contributed by atoms with Gasteiger partial charge in [-0.25, -0.2) is 9.59 Å².